The van der Waals surface area contributed by atoms with Crippen LogP contribution in [0, 0.1) is 11.8 Å². The van der Waals surface area contributed by atoms with Gasteiger partial charge in [0.15, 0.2) is 5.69 Å². The number of nitrogens with one attached hydrogen (secondary N) is 2. The number of allylic oxidation sites excluding steroid dienone is 1. The predicted molar refractivity (Wildman–Crippen MR) is 146 cm³/mol. The summed E-state index contributed by atoms with van der Waals surface area (Å²) in [6.45, 7) is 2.81. The lowest BCUT2D eigenvalue weighted by molar-refractivity contribution is 0.0811. The first-order valence-corrected chi connectivity index (χ1v) is 13.1. The van der Waals surface area contributed by atoms with Gasteiger partial charge in [0.05, 0.1) is 23.5 Å². The van der Waals surface area contributed by atoms with E-state index in [1.807, 2.05) is 35.3 Å². The van der Waals surface area contributed by atoms with Crippen LogP contribution >= 0.6 is 23.2 Å². The monoisotopic (exact) mass is 535 g/mol. The second kappa shape index (κ2) is 9.99. The smallest absolute Gasteiger partial charge is 0.286 e. The van der Waals surface area contributed by atoms with Crippen molar-refractivity contribution in [1.82, 2.24) is 25.5 Å². The molecule has 7 nitrogen and oxygen atoms in total. The Bertz CT molecular complexity index is 1410. The number of ether oxygens (including phenoxy) is 1. The Morgan fingerprint density at radius 2 is 2.00 bits per heavy atom. The van der Waals surface area contributed by atoms with Gasteiger partial charge in [-0.2, -0.15) is 5.10 Å². The molecular formula is C28H27Cl2N5O2. The fraction of sp³-hybridized carbons (Fsp3) is 0.286. The van der Waals surface area contributed by atoms with E-state index in [1.165, 1.54) is 0 Å². The zero-order valence-electron chi connectivity index (χ0n) is 20.4. The van der Waals surface area contributed by atoms with Gasteiger partial charge in [0, 0.05) is 36.8 Å². The Morgan fingerprint density at radius 1 is 1.16 bits per heavy atom. The maximum Gasteiger partial charge on any atom is 0.286 e. The number of amides is 1. The van der Waals surface area contributed by atoms with Crippen molar-refractivity contribution < 1.29 is 9.53 Å². The minimum atomic E-state index is -0.212. The van der Waals surface area contributed by atoms with Gasteiger partial charge in [-0.15, -0.1) is 0 Å². The largest absolute Gasteiger partial charge is 0.497 e. The molecule has 1 fully saturated rings. The summed E-state index contributed by atoms with van der Waals surface area (Å²) in [5, 5.41) is 11.3. The Labute approximate surface area is 225 Å². The van der Waals surface area contributed by atoms with Crippen LogP contribution in [0.4, 0.5) is 0 Å². The molecule has 0 radical (unpaired) electrons. The highest BCUT2D eigenvalue weighted by Gasteiger charge is 2.35. The highest BCUT2D eigenvalue weighted by Crippen LogP contribution is 2.35. The predicted octanol–water partition coefficient (Wildman–Crippen LogP) is 4.98. The number of rotatable bonds is 5. The quantitative estimate of drug-likeness (QED) is 0.450. The topological polar surface area (TPSA) is 71.4 Å². The zero-order chi connectivity index (χ0) is 25.5. The van der Waals surface area contributed by atoms with Crippen LogP contribution in [0.1, 0.15) is 33.7 Å². The molecule has 0 spiro atoms. The van der Waals surface area contributed by atoms with Crippen molar-refractivity contribution in [1.29, 1.82) is 0 Å². The molecule has 3 heterocycles. The van der Waals surface area contributed by atoms with Gasteiger partial charge < -0.3 is 10.1 Å². The number of benzene rings is 2. The second-order valence-corrected chi connectivity index (χ2v) is 10.5. The molecule has 37 heavy (non-hydrogen) atoms. The van der Waals surface area contributed by atoms with Gasteiger partial charge in [0.2, 0.25) is 0 Å². The van der Waals surface area contributed by atoms with Gasteiger partial charge in [-0.1, -0.05) is 47.5 Å². The molecule has 2 aromatic carbocycles. The fourth-order valence-electron chi connectivity index (χ4n) is 5.46. The number of aromatic nitrogens is 2. The highest BCUT2D eigenvalue weighted by molar-refractivity contribution is 6.35. The SMILES string of the molecule is COc1ccc(/C=C2\CNCc3c(C(=O)NN4CC5C=CCC5C4)nn(-c4ccc(Cl)cc4Cl)c32)cc1. The van der Waals surface area contributed by atoms with Crippen LogP contribution in [-0.2, 0) is 6.54 Å². The summed E-state index contributed by atoms with van der Waals surface area (Å²) in [6, 6.07) is 13.2. The molecule has 1 aliphatic carbocycles. The summed E-state index contributed by atoms with van der Waals surface area (Å²) in [4.78, 5) is 13.5. The average Bonchev–Trinajstić information content (AvgIpc) is 3.59. The molecule has 1 saturated heterocycles. The molecule has 0 saturated carbocycles. The molecule has 0 bridgehead atoms. The van der Waals surface area contributed by atoms with Gasteiger partial charge in [-0.3, -0.25) is 10.2 Å². The Hall–Kier alpha value is -3.10. The van der Waals surface area contributed by atoms with Crippen molar-refractivity contribution in [3.8, 4) is 11.4 Å². The number of halogens is 2. The maximum absolute atomic E-state index is 13.5. The third-order valence-electron chi connectivity index (χ3n) is 7.29. The lowest BCUT2D eigenvalue weighted by Gasteiger charge is -2.21. The van der Waals surface area contributed by atoms with Crippen LogP contribution in [-0.4, -0.2) is 47.4 Å². The van der Waals surface area contributed by atoms with Crippen LogP contribution in [0.3, 0.4) is 0 Å². The Balaban J connectivity index is 1.40. The van der Waals surface area contributed by atoms with Gasteiger partial charge in [-0.25, -0.2) is 9.69 Å². The number of carbonyl (C=O) groups excluding carboxylic acids is 1. The summed E-state index contributed by atoms with van der Waals surface area (Å²) >= 11 is 12.8. The molecule has 2 N–H and O–H groups in total. The molecule has 2 unspecified atom stereocenters. The van der Waals surface area contributed by atoms with Gasteiger partial charge in [0.25, 0.3) is 5.91 Å². The summed E-state index contributed by atoms with van der Waals surface area (Å²) in [6.07, 6.45) is 7.67. The minimum absolute atomic E-state index is 0.212. The first kappa shape index (κ1) is 24.2. The van der Waals surface area contributed by atoms with Crippen molar-refractivity contribution in [3.05, 3.63) is 87.2 Å². The van der Waals surface area contributed by atoms with Crippen molar-refractivity contribution >= 4 is 40.8 Å². The molecule has 3 aromatic rings. The molecule has 1 aromatic heterocycles. The first-order chi connectivity index (χ1) is 18.0. The normalized spacial score (nSPS) is 21.8. The van der Waals surface area contributed by atoms with E-state index in [4.69, 9.17) is 33.0 Å². The van der Waals surface area contributed by atoms with Crippen molar-refractivity contribution in [3.63, 3.8) is 0 Å². The number of fused-ring (bicyclic) bond motifs is 2. The molecule has 2 atom stereocenters. The first-order valence-electron chi connectivity index (χ1n) is 12.4. The van der Waals surface area contributed by atoms with Crippen LogP contribution < -0.4 is 15.5 Å². The molecule has 6 rings (SSSR count). The second-order valence-electron chi connectivity index (χ2n) is 9.66. The lowest BCUT2D eigenvalue weighted by atomic mass is 9.99. The van der Waals surface area contributed by atoms with E-state index in [2.05, 4.69) is 29.0 Å². The fourth-order valence-corrected chi connectivity index (χ4v) is 5.95. The van der Waals surface area contributed by atoms with Crippen molar-refractivity contribution in [2.24, 2.45) is 11.8 Å². The van der Waals surface area contributed by atoms with E-state index in [9.17, 15) is 4.79 Å². The number of hydrogen-bond acceptors (Lipinski definition) is 5. The number of hydrazine groups is 1. The Morgan fingerprint density at radius 3 is 2.76 bits per heavy atom. The number of carbonyl (C=O) groups is 1. The number of methoxy groups -OCH3 is 1. The van der Waals surface area contributed by atoms with Crippen LogP contribution in [0.15, 0.2) is 54.6 Å². The molecule has 3 aliphatic rings. The summed E-state index contributed by atoms with van der Waals surface area (Å²) in [5.74, 6) is 1.65. The van der Waals surface area contributed by atoms with Crippen LogP contribution in [0.2, 0.25) is 10.0 Å². The summed E-state index contributed by atoms with van der Waals surface area (Å²) in [5.41, 5.74) is 7.90. The molecule has 2 aliphatic heterocycles. The third-order valence-corrected chi connectivity index (χ3v) is 7.83. The molecule has 1 amide bonds. The summed E-state index contributed by atoms with van der Waals surface area (Å²) in [7, 11) is 1.65. The maximum atomic E-state index is 13.5. The minimum Gasteiger partial charge on any atom is -0.497 e. The van der Waals surface area contributed by atoms with E-state index < -0.39 is 0 Å². The van der Waals surface area contributed by atoms with Crippen molar-refractivity contribution in [2.45, 2.75) is 13.0 Å². The Kier molecular flexibility index (Phi) is 6.55. The number of nitrogens with zero attached hydrogens (tertiary/aromatic N) is 3. The van der Waals surface area contributed by atoms with Crippen LogP contribution in [0.5, 0.6) is 5.75 Å². The van der Waals surface area contributed by atoms with E-state index in [-0.39, 0.29) is 5.91 Å². The van der Waals surface area contributed by atoms with Crippen LogP contribution in [0.25, 0.3) is 17.3 Å². The summed E-state index contributed by atoms with van der Waals surface area (Å²) < 4.78 is 7.08. The van der Waals surface area contributed by atoms with E-state index >= 15 is 0 Å². The molecular weight excluding hydrogens is 509 g/mol. The van der Waals surface area contributed by atoms with Gasteiger partial charge in [0.1, 0.15) is 5.75 Å². The number of hydrogen-bond donors (Lipinski definition) is 2. The van der Waals surface area contributed by atoms with E-state index in [0.717, 1.165) is 47.7 Å². The zero-order valence-corrected chi connectivity index (χ0v) is 21.9. The average molecular weight is 536 g/mol. The highest BCUT2D eigenvalue weighted by atomic mass is 35.5. The standard InChI is InChI=1S/C28H27Cl2N5O2/c1-37-22-8-5-17(6-9-22)11-20-13-31-14-23-26(28(36)33-34-15-18-3-2-4-19(18)16-34)32-35(27(20)23)25-10-7-21(29)12-24(25)30/h2-3,5-12,18-19,31H,4,13-16H2,1H3,(H,33,36)/b20-11+. The van der Waals surface area contributed by atoms with Gasteiger partial charge in [-0.05, 0) is 65.8 Å². The van der Waals surface area contributed by atoms with Gasteiger partial charge >= 0.3 is 0 Å². The lowest BCUT2D eigenvalue weighted by Crippen LogP contribution is -2.41. The molecule has 9 heteroatoms. The van der Waals surface area contributed by atoms with Crippen molar-refractivity contribution in [2.75, 3.05) is 26.7 Å². The van der Waals surface area contributed by atoms with E-state index in [1.54, 1.807) is 23.9 Å². The third kappa shape index (κ3) is 4.68. The molecule has 190 valence electrons. The van der Waals surface area contributed by atoms with E-state index in [0.29, 0.717) is 46.4 Å².